The van der Waals surface area contributed by atoms with Crippen LogP contribution in [-0.2, 0) is 11.3 Å². The lowest BCUT2D eigenvalue weighted by Crippen LogP contribution is -2.37. The zero-order valence-corrected chi connectivity index (χ0v) is 12.7. The maximum absolute atomic E-state index is 12.1. The molecule has 1 aromatic rings. The first kappa shape index (κ1) is 15.5. The molecule has 0 bridgehead atoms. The smallest absolute Gasteiger partial charge is 0.268 e. The fourth-order valence-electron chi connectivity index (χ4n) is 2.31. The van der Waals surface area contributed by atoms with Gasteiger partial charge in [-0.15, -0.1) is 0 Å². The lowest BCUT2D eigenvalue weighted by Gasteiger charge is -2.28. The van der Waals surface area contributed by atoms with E-state index in [2.05, 4.69) is 16.1 Å². The van der Waals surface area contributed by atoms with E-state index < -0.39 is 0 Å². The predicted octanol–water partition coefficient (Wildman–Crippen LogP) is 1.41. The van der Waals surface area contributed by atoms with Crippen molar-refractivity contribution in [1.82, 2.24) is 9.78 Å². The molecule has 0 saturated carbocycles. The van der Waals surface area contributed by atoms with Gasteiger partial charge in [-0.05, 0) is 26.7 Å². The molecule has 0 N–H and O–H groups in total. The van der Waals surface area contributed by atoms with Crippen LogP contribution in [0.15, 0.2) is 17.1 Å². The topological polar surface area (TPSA) is 71.2 Å². The monoisotopic (exact) mass is 290 g/mol. The number of anilines is 1. The second kappa shape index (κ2) is 6.72. The summed E-state index contributed by atoms with van der Waals surface area (Å²) in [6, 6.07) is 3.90. The van der Waals surface area contributed by atoms with E-state index in [1.165, 1.54) is 4.68 Å². The summed E-state index contributed by atoms with van der Waals surface area (Å²) in [6.45, 7) is 7.32. The molecule has 1 aromatic heterocycles. The van der Waals surface area contributed by atoms with E-state index in [0.29, 0.717) is 19.8 Å². The van der Waals surface area contributed by atoms with E-state index in [1.54, 1.807) is 12.3 Å². The standard InChI is InChI=1S/C15H22N4O2/c1-15(2,12-16)4-3-5-19-14(20)10-13(11-17-19)18-6-8-21-9-7-18/h10-11H,3-9H2,1-2H3. The summed E-state index contributed by atoms with van der Waals surface area (Å²) in [5.41, 5.74) is 0.419. The van der Waals surface area contributed by atoms with E-state index >= 15 is 0 Å². The van der Waals surface area contributed by atoms with E-state index in [1.807, 2.05) is 13.8 Å². The van der Waals surface area contributed by atoms with Crippen LogP contribution in [0.5, 0.6) is 0 Å². The highest BCUT2D eigenvalue weighted by molar-refractivity contribution is 5.43. The number of ether oxygens (including phenoxy) is 1. The van der Waals surface area contributed by atoms with Crippen LogP contribution < -0.4 is 10.5 Å². The van der Waals surface area contributed by atoms with Gasteiger partial charge in [-0.25, -0.2) is 4.68 Å². The number of rotatable bonds is 5. The molecule has 6 nitrogen and oxygen atoms in total. The first-order chi connectivity index (χ1) is 10.0. The largest absolute Gasteiger partial charge is 0.378 e. The summed E-state index contributed by atoms with van der Waals surface area (Å²) in [5.74, 6) is 0. The first-order valence-corrected chi connectivity index (χ1v) is 7.33. The Morgan fingerprint density at radius 3 is 2.76 bits per heavy atom. The lowest BCUT2D eigenvalue weighted by molar-refractivity contribution is 0.122. The average Bonchev–Trinajstić information content (AvgIpc) is 2.49. The van der Waals surface area contributed by atoms with Crippen molar-refractivity contribution in [2.75, 3.05) is 31.2 Å². The van der Waals surface area contributed by atoms with Gasteiger partial charge < -0.3 is 9.64 Å². The third-order valence-corrected chi connectivity index (χ3v) is 3.71. The minimum Gasteiger partial charge on any atom is -0.378 e. The minimum absolute atomic E-state index is 0.0891. The molecule has 0 atom stereocenters. The van der Waals surface area contributed by atoms with E-state index in [9.17, 15) is 4.79 Å². The van der Waals surface area contributed by atoms with Crippen LogP contribution in [0.2, 0.25) is 0 Å². The Kier molecular flexibility index (Phi) is 4.97. The molecule has 0 amide bonds. The maximum Gasteiger partial charge on any atom is 0.268 e. The van der Waals surface area contributed by atoms with Gasteiger partial charge in [-0.1, -0.05) is 0 Å². The van der Waals surface area contributed by atoms with Gasteiger partial charge in [0.05, 0.1) is 36.6 Å². The summed E-state index contributed by atoms with van der Waals surface area (Å²) >= 11 is 0. The molecule has 1 aliphatic heterocycles. The molecule has 1 saturated heterocycles. The Hall–Kier alpha value is -1.87. The van der Waals surface area contributed by atoms with Crippen molar-refractivity contribution < 1.29 is 4.74 Å². The Morgan fingerprint density at radius 2 is 2.14 bits per heavy atom. The highest BCUT2D eigenvalue weighted by Crippen LogP contribution is 2.20. The molecule has 2 heterocycles. The van der Waals surface area contributed by atoms with Crippen LogP contribution in [0.4, 0.5) is 5.69 Å². The zero-order valence-electron chi connectivity index (χ0n) is 12.7. The van der Waals surface area contributed by atoms with Gasteiger partial charge in [0.15, 0.2) is 0 Å². The van der Waals surface area contributed by atoms with Crippen LogP contribution in [0, 0.1) is 16.7 Å². The minimum atomic E-state index is -0.350. The molecule has 0 unspecified atom stereocenters. The van der Waals surface area contributed by atoms with Gasteiger partial charge in [0.1, 0.15) is 0 Å². The number of nitriles is 1. The van der Waals surface area contributed by atoms with Crippen LogP contribution >= 0.6 is 0 Å². The summed E-state index contributed by atoms with van der Waals surface area (Å²) in [5, 5.41) is 13.2. The van der Waals surface area contributed by atoms with Gasteiger partial charge in [0.25, 0.3) is 5.56 Å². The van der Waals surface area contributed by atoms with E-state index in [-0.39, 0.29) is 11.0 Å². The predicted molar refractivity (Wildman–Crippen MR) is 80.2 cm³/mol. The molecule has 0 radical (unpaired) electrons. The number of aryl methyl sites for hydroxylation is 1. The van der Waals surface area contributed by atoms with Gasteiger partial charge in [-0.2, -0.15) is 10.4 Å². The SMILES string of the molecule is CC(C)(C#N)CCCn1ncc(N2CCOCC2)cc1=O. The first-order valence-electron chi connectivity index (χ1n) is 7.33. The number of hydrogen-bond acceptors (Lipinski definition) is 5. The Bertz CT molecular complexity index is 568. The second-order valence-corrected chi connectivity index (χ2v) is 5.97. The highest BCUT2D eigenvalue weighted by atomic mass is 16.5. The van der Waals surface area contributed by atoms with Crippen molar-refractivity contribution >= 4 is 5.69 Å². The summed E-state index contributed by atoms with van der Waals surface area (Å²) in [6.07, 6.45) is 3.26. The molecule has 6 heteroatoms. The molecule has 1 fully saturated rings. The summed E-state index contributed by atoms with van der Waals surface area (Å²) in [7, 11) is 0. The highest BCUT2D eigenvalue weighted by Gasteiger charge is 2.16. The van der Waals surface area contributed by atoms with Crippen molar-refractivity contribution in [3.05, 3.63) is 22.6 Å². The van der Waals surface area contributed by atoms with Gasteiger partial charge in [0, 0.05) is 25.7 Å². The molecule has 0 aliphatic carbocycles. The van der Waals surface area contributed by atoms with Crippen molar-refractivity contribution in [3.63, 3.8) is 0 Å². The normalized spacial score (nSPS) is 15.8. The quantitative estimate of drug-likeness (QED) is 0.820. The Balaban J connectivity index is 1.96. The molecule has 2 rings (SSSR count). The van der Waals surface area contributed by atoms with Crippen LogP contribution in [0.25, 0.3) is 0 Å². The molecule has 1 aliphatic rings. The van der Waals surface area contributed by atoms with Crippen LogP contribution in [-0.4, -0.2) is 36.1 Å². The van der Waals surface area contributed by atoms with Crippen LogP contribution in [0.3, 0.4) is 0 Å². The van der Waals surface area contributed by atoms with Crippen molar-refractivity contribution in [2.24, 2.45) is 5.41 Å². The van der Waals surface area contributed by atoms with E-state index in [0.717, 1.165) is 31.6 Å². The molecular weight excluding hydrogens is 268 g/mol. The molecule has 21 heavy (non-hydrogen) atoms. The number of morpholine rings is 1. The fourth-order valence-corrected chi connectivity index (χ4v) is 2.31. The number of nitrogens with zero attached hydrogens (tertiary/aromatic N) is 4. The average molecular weight is 290 g/mol. The lowest BCUT2D eigenvalue weighted by atomic mass is 9.90. The summed E-state index contributed by atoms with van der Waals surface area (Å²) in [4.78, 5) is 14.2. The van der Waals surface area contributed by atoms with Gasteiger partial charge >= 0.3 is 0 Å². The van der Waals surface area contributed by atoms with Crippen molar-refractivity contribution in [1.29, 1.82) is 5.26 Å². The van der Waals surface area contributed by atoms with Gasteiger partial charge in [0.2, 0.25) is 0 Å². The molecule has 0 aromatic carbocycles. The van der Waals surface area contributed by atoms with Crippen molar-refractivity contribution in [3.8, 4) is 6.07 Å². The Labute approximate surface area is 124 Å². The Morgan fingerprint density at radius 1 is 1.43 bits per heavy atom. The maximum atomic E-state index is 12.1. The summed E-state index contributed by atoms with van der Waals surface area (Å²) < 4.78 is 6.77. The molecular formula is C15H22N4O2. The fraction of sp³-hybridized carbons (Fsp3) is 0.667. The number of hydrogen-bond donors (Lipinski definition) is 0. The third kappa shape index (κ3) is 4.30. The number of aromatic nitrogens is 2. The van der Waals surface area contributed by atoms with Gasteiger partial charge in [-0.3, -0.25) is 4.79 Å². The second-order valence-electron chi connectivity index (χ2n) is 5.97. The molecule has 114 valence electrons. The van der Waals surface area contributed by atoms with Crippen LogP contribution in [0.1, 0.15) is 26.7 Å². The third-order valence-electron chi connectivity index (χ3n) is 3.71. The zero-order chi connectivity index (χ0) is 15.3. The van der Waals surface area contributed by atoms with E-state index in [4.69, 9.17) is 10.00 Å². The van der Waals surface area contributed by atoms with Crippen molar-refractivity contribution in [2.45, 2.75) is 33.2 Å². The molecule has 0 spiro atoms.